The summed E-state index contributed by atoms with van der Waals surface area (Å²) < 4.78 is 0. The van der Waals surface area contributed by atoms with Crippen LogP contribution in [-0.2, 0) is 0 Å². The highest BCUT2D eigenvalue weighted by atomic mass is 16.3. The maximum absolute atomic E-state index is 9.88. The normalized spacial score (nSPS) is 31.6. The fourth-order valence-corrected chi connectivity index (χ4v) is 2.61. The molecular formula is C12H25NO2. The van der Waals surface area contributed by atoms with Crippen LogP contribution in [0.2, 0.25) is 0 Å². The Morgan fingerprint density at radius 1 is 1.13 bits per heavy atom. The van der Waals surface area contributed by atoms with E-state index in [0.29, 0.717) is 5.92 Å². The Labute approximate surface area is 92.7 Å². The molecule has 15 heavy (non-hydrogen) atoms. The predicted molar refractivity (Wildman–Crippen MR) is 61.4 cm³/mol. The summed E-state index contributed by atoms with van der Waals surface area (Å²) in [4.78, 5) is 0. The molecule has 0 aromatic heterocycles. The quantitative estimate of drug-likeness (QED) is 0.658. The van der Waals surface area contributed by atoms with E-state index in [9.17, 15) is 5.11 Å². The number of hydrogen-bond acceptors (Lipinski definition) is 3. The largest absolute Gasteiger partial charge is 0.395 e. The van der Waals surface area contributed by atoms with Crippen LogP contribution in [0.3, 0.4) is 0 Å². The van der Waals surface area contributed by atoms with Crippen molar-refractivity contribution in [3.63, 3.8) is 0 Å². The van der Waals surface area contributed by atoms with Gasteiger partial charge in [0.1, 0.15) is 0 Å². The van der Waals surface area contributed by atoms with E-state index in [1.165, 1.54) is 12.8 Å². The first-order chi connectivity index (χ1) is 7.06. The van der Waals surface area contributed by atoms with Crippen LogP contribution in [-0.4, -0.2) is 29.0 Å². The zero-order valence-electron chi connectivity index (χ0n) is 9.89. The van der Waals surface area contributed by atoms with Gasteiger partial charge in [-0.1, -0.05) is 13.8 Å². The molecule has 0 bridgehead atoms. The minimum atomic E-state index is -0.525. The molecular weight excluding hydrogens is 190 g/mol. The summed E-state index contributed by atoms with van der Waals surface area (Å²) in [6, 6.07) is -0.467. The monoisotopic (exact) mass is 215 g/mol. The summed E-state index contributed by atoms with van der Waals surface area (Å²) in [7, 11) is 0. The van der Waals surface area contributed by atoms with Gasteiger partial charge in [0.05, 0.1) is 18.8 Å². The molecule has 0 aromatic carbocycles. The van der Waals surface area contributed by atoms with E-state index in [4.69, 9.17) is 10.8 Å². The molecule has 0 spiro atoms. The summed E-state index contributed by atoms with van der Waals surface area (Å²) in [5, 5.41) is 18.8. The van der Waals surface area contributed by atoms with E-state index < -0.39 is 12.1 Å². The Kier molecular flexibility index (Phi) is 5.03. The highest BCUT2D eigenvalue weighted by molar-refractivity contribution is 4.83. The second-order valence-corrected chi connectivity index (χ2v) is 5.26. The van der Waals surface area contributed by atoms with Crippen molar-refractivity contribution in [1.82, 2.24) is 0 Å². The molecule has 0 saturated heterocycles. The first kappa shape index (κ1) is 12.9. The predicted octanol–water partition coefficient (Wildman–Crippen LogP) is 1.13. The van der Waals surface area contributed by atoms with Gasteiger partial charge in [-0.15, -0.1) is 0 Å². The molecule has 3 heteroatoms. The summed E-state index contributed by atoms with van der Waals surface area (Å²) in [6.07, 6.45) is 3.97. The SMILES string of the molecule is CC(C)C1CCC([C@H](O)[C@H](N)CO)CC1. The molecule has 0 amide bonds. The molecule has 1 rings (SSSR count). The van der Waals surface area contributed by atoms with Gasteiger partial charge in [0, 0.05) is 0 Å². The van der Waals surface area contributed by atoms with Gasteiger partial charge in [-0.2, -0.15) is 0 Å². The van der Waals surface area contributed by atoms with Crippen molar-refractivity contribution in [2.75, 3.05) is 6.61 Å². The Morgan fingerprint density at radius 3 is 2.00 bits per heavy atom. The van der Waals surface area contributed by atoms with E-state index >= 15 is 0 Å². The summed E-state index contributed by atoms with van der Waals surface area (Å²) in [5.74, 6) is 1.84. The van der Waals surface area contributed by atoms with Crippen LogP contribution in [0.4, 0.5) is 0 Å². The van der Waals surface area contributed by atoms with Crippen LogP contribution in [0, 0.1) is 17.8 Å². The zero-order chi connectivity index (χ0) is 11.4. The first-order valence-corrected chi connectivity index (χ1v) is 6.10. The summed E-state index contributed by atoms with van der Waals surface area (Å²) >= 11 is 0. The standard InChI is InChI=1S/C12H25NO2/c1-8(2)9-3-5-10(6-4-9)12(15)11(13)7-14/h8-12,14-15H,3-7,13H2,1-2H3/t9?,10?,11-,12+/m1/s1. The molecule has 1 aliphatic rings. The lowest BCUT2D eigenvalue weighted by molar-refractivity contribution is 0.0315. The lowest BCUT2D eigenvalue weighted by Gasteiger charge is -2.34. The van der Waals surface area contributed by atoms with Crippen LogP contribution in [0.5, 0.6) is 0 Å². The lowest BCUT2D eigenvalue weighted by atomic mass is 9.74. The third-order valence-electron chi connectivity index (χ3n) is 3.89. The average Bonchev–Trinajstić information content (AvgIpc) is 2.27. The van der Waals surface area contributed by atoms with Crippen molar-refractivity contribution >= 4 is 0 Å². The van der Waals surface area contributed by atoms with Crippen molar-refractivity contribution in [1.29, 1.82) is 0 Å². The number of hydrogen-bond donors (Lipinski definition) is 3. The third-order valence-corrected chi connectivity index (χ3v) is 3.89. The van der Waals surface area contributed by atoms with E-state index in [1.807, 2.05) is 0 Å². The molecule has 1 aliphatic carbocycles. The second-order valence-electron chi connectivity index (χ2n) is 5.26. The van der Waals surface area contributed by atoms with Crippen LogP contribution >= 0.6 is 0 Å². The fraction of sp³-hybridized carbons (Fsp3) is 1.00. The van der Waals surface area contributed by atoms with Gasteiger partial charge in [-0.3, -0.25) is 0 Å². The van der Waals surface area contributed by atoms with Gasteiger partial charge in [0.25, 0.3) is 0 Å². The summed E-state index contributed by atoms with van der Waals surface area (Å²) in [6.45, 7) is 4.41. The van der Waals surface area contributed by atoms with Gasteiger partial charge >= 0.3 is 0 Å². The van der Waals surface area contributed by atoms with E-state index in [0.717, 1.165) is 24.7 Å². The molecule has 0 aliphatic heterocycles. The van der Waals surface area contributed by atoms with Crippen molar-refractivity contribution in [3.8, 4) is 0 Å². The number of aliphatic hydroxyl groups excluding tert-OH is 2. The molecule has 0 radical (unpaired) electrons. The number of aliphatic hydroxyl groups is 2. The highest BCUT2D eigenvalue weighted by Gasteiger charge is 2.30. The lowest BCUT2D eigenvalue weighted by Crippen LogP contribution is -2.43. The maximum Gasteiger partial charge on any atom is 0.0741 e. The minimum Gasteiger partial charge on any atom is -0.395 e. The van der Waals surface area contributed by atoms with Gasteiger partial charge in [0.15, 0.2) is 0 Å². The van der Waals surface area contributed by atoms with Gasteiger partial charge < -0.3 is 15.9 Å². The van der Waals surface area contributed by atoms with Gasteiger partial charge in [-0.05, 0) is 43.4 Å². The Balaban J connectivity index is 2.36. The molecule has 2 atom stereocenters. The average molecular weight is 215 g/mol. The van der Waals surface area contributed by atoms with Crippen LogP contribution in [0.1, 0.15) is 39.5 Å². The van der Waals surface area contributed by atoms with Crippen molar-refractivity contribution in [3.05, 3.63) is 0 Å². The van der Waals surface area contributed by atoms with Crippen molar-refractivity contribution < 1.29 is 10.2 Å². The second kappa shape index (κ2) is 5.83. The van der Waals surface area contributed by atoms with E-state index in [2.05, 4.69) is 13.8 Å². The molecule has 90 valence electrons. The Morgan fingerprint density at radius 2 is 1.60 bits per heavy atom. The smallest absolute Gasteiger partial charge is 0.0741 e. The molecule has 0 heterocycles. The maximum atomic E-state index is 9.88. The Bertz CT molecular complexity index is 176. The molecule has 0 aromatic rings. The van der Waals surface area contributed by atoms with Crippen molar-refractivity contribution in [2.24, 2.45) is 23.5 Å². The molecule has 1 saturated carbocycles. The third kappa shape index (κ3) is 3.44. The van der Waals surface area contributed by atoms with Gasteiger partial charge in [-0.25, -0.2) is 0 Å². The zero-order valence-corrected chi connectivity index (χ0v) is 9.89. The topological polar surface area (TPSA) is 66.5 Å². The fourth-order valence-electron chi connectivity index (χ4n) is 2.61. The number of nitrogens with two attached hydrogens (primary N) is 1. The van der Waals surface area contributed by atoms with E-state index in [1.54, 1.807) is 0 Å². The molecule has 3 nitrogen and oxygen atoms in total. The number of rotatable bonds is 4. The first-order valence-electron chi connectivity index (χ1n) is 6.10. The summed E-state index contributed by atoms with van der Waals surface area (Å²) in [5.41, 5.74) is 5.64. The minimum absolute atomic E-state index is 0.120. The van der Waals surface area contributed by atoms with Crippen LogP contribution < -0.4 is 5.73 Å². The molecule has 4 N–H and O–H groups in total. The molecule has 1 fully saturated rings. The van der Waals surface area contributed by atoms with Gasteiger partial charge in [0.2, 0.25) is 0 Å². The van der Waals surface area contributed by atoms with Crippen molar-refractivity contribution in [2.45, 2.75) is 51.7 Å². The van der Waals surface area contributed by atoms with E-state index in [-0.39, 0.29) is 6.61 Å². The van der Waals surface area contributed by atoms with Crippen LogP contribution in [0.25, 0.3) is 0 Å². The molecule has 0 unspecified atom stereocenters. The van der Waals surface area contributed by atoms with Crippen LogP contribution in [0.15, 0.2) is 0 Å². The Hall–Kier alpha value is -0.120. The highest BCUT2D eigenvalue weighted by Crippen LogP contribution is 2.35.